The fourth-order valence-corrected chi connectivity index (χ4v) is 4.04. The van der Waals surface area contributed by atoms with Crippen molar-refractivity contribution in [1.82, 2.24) is 9.55 Å². The van der Waals surface area contributed by atoms with E-state index in [4.69, 9.17) is 21.3 Å². The Balaban J connectivity index is 1.78. The van der Waals surface area contributed by atoms with Crippen LogP contribution in [0.15, 0.2) is 40.9 Å². The van der Waals surface area contributed by atoms with Crippen molar-refractivity contribution < 1.29 is 4.74 Å². The van der Waals surface area contributed by atoms with Crippen LogP contribution in [0.25, 0.3) is 11.0 Å². The maximum atomic E-state index is 6.14. The molecule has 0 amide bonds. The highest BCUT2D eigenvalue weighted by Crippen LogP contribution is 2.31. The average molecular weight is 421 g/mol. The highest BCUT2D eigenvalue weighted by atomic mass is 79.9. The van der Waals surface area contributed by atoms with Gasteiger partial charge in [0.2, 0.25) is 0 Å². The predicted octanol–water partition coefficient (Wildman–Crippen LogP) is 4.65. The zero-order valence-corrected chi connectivity index (χ0v) is 16.3. The summed E-state index contributed by atoms with van der Waals surface area (Å²) in [4.78, 5) is 7.12. The standard InChI is InChI=1S/C19H19BrClN3O/c1-13-22-19-17(20)10-16(23-5-7-25-8-6-23)11-18(19)24(13)12-14-3-2-4-15(21)9-14/h2-4,9-11H,5-8,12H2,1H3. The fraction of sp³-hybridized carbons (Fsp3) is 0.316. The summed E-state index contributed by atoms with van der Waals surface area (Å²) in [6.07, 6.45) is 0. The summed E-state index contributed by atoms with van der Waals surface area (Å²) < 4.78 is 8.75. The van der Waals surface area contributed by atoms with E-state index in [0.29, 0.717) is 0 Å². The van der Waals surface area contributed by atoms with Gasteiger partial charge >= 0.3 is 0 Å². The van der Waals surface area contributed by atoms with Crippen molar-refractivity contribution >= 4 is 44.3 Å². The predicted molar refractivity (Wildman–Crippen MR) is 106 cm³/mol. The Kier molecular flexibility index (Phi) is 4.71. The molecule has 0 radical (unpaired) electrons. The van der Waals surface area contributed by atoms with Gasteiger partial charge in [-0.3, -0.25) is 0 Å². The van der Waals surface area contributed by atoms with Gasteiger partial charge in [0, 0.05) is 34.8 Å². The first-order valence-corrected chi connectivity index (χ1v) is 9.52. The van der Waals surface area contributed by atoms with Crippen LogP contribution in [0, 0.1) is 6.92 Å². The van der Waals surface area contributed by atoms with Crippen molar-refractivity contribution in [3.63, 3.8) is 0 Å². The number of benzene rings is 2. The summed E-state index contributed by atoms with van der Waals surface area (Å²) in [5, 5.41) is 0.759. The lowest BCUT2D eigenvalue weighted by atomic mass is 10.2. The third-order valence-corrected chi connectivity index (χ3v) is 5.43. The number of aryl methyl sites for hydroxylation is 1. The molecule has 1 saturated heterocycles. The lowest BCUT2D eigenvalue weighted by Gasteiger charge is -2.29. The Morgan fingerprint density at radius 3 is 2.76 bits per heavy atom. The second-order valence-electron chi connectivity index (χ2n) is 6.27. The van der Waals surface area contributed by atoms with Gasteiger partial charge in [-0.2, -0.15) is 0 Å². The molecular weight excluding hydrogens is 402 g/mol. The van der Waals surface area contributed by atoms with Gasteiger partial charge in [0.15, 0.2) is 0 Å². The third kappa shape index (κ3) is 3.41. The van der Waals surface area contributed by atoms with Crippen LogP contribution in [-0.2, 0) is 11.3 Å². The van der Waals surface area contributed by atoms with Crippen LogP contribution in [0.2, 0.25) is 5.02 Å². The number of anilines is 1. The Labute approximate surface area is 160 Å². The summed E-state index contributed by atoms with van der Waals surface area (Å²) in [6.45, 7) is 6.18. The average Bonchev–Trinajstić information content (AvgIpc) is 2.92. The van der Waals surface area contributed by atoms with Crippen molar-refractivity contribution in [2.24, 2.45) is 0 Å². The number of morpholine rings is 1. The molecule has 0 N–H and O–H groups in total. The van der Waals surface area contributed by atoms with E-state index < -0.39 is 0 Å². The molecule has 1 aliphatic rings. The Morgan fingerprint density at radius 2 is 2.00 bits per heavy atom. The molecule has 1 fully saturated rings. The van der Waals surface area contributed by atoms with E-state index in [-0.39, 0.29) is 0 Å². The molecule has 0 atom stereocenters. The van der Waals surface area contributed by atoms with E-state index in [1.165, 1.54) is 11.3 Å². The summed E-state index contributed by atoms with van der Waals surface area (Å²) in [5.41, 5.74) is 4.50. The summed E-state index contributed by atoms with van der Waals surface area (Å²) in [6, 6.07) is 12.4. The van der Waals surface area contributed by atoms with E-state index in [9.17, 15) is 0 Å². The molecule has 0 saturated carbocycles. The Bertz CT molecular complexity index is 918. The zero-order chi connectivity index (χ0) is 17.4. The lowest BCUT2D eigenvalue weighted by molar-refractivity contribution is 0.122. The van der Waals surface area contributed by atoms with Crippen LogP contribution in [0.4, 0.5) is 5.69 Å². The minimum absolute atomic E-state index is 0.752. The minimum atomic E-state index is 0.752. The van der Waals surface area contributed by atoms with Crippen LogP contribution < -0.4 is 4.90 Å². The molecule has 2 heterocycles. The molecule has 0 bridgehead atoms. The number of rotatable bonds is 3. The summed E-state index contributed by atoms with van der Waals surface area (Å²) in [5.74, 6) is 0.995. The molecule has 4 nitrogen and oxygen atoms in total. The molecule has 4 rings (SSSR count). The number of nitrogens with zero attached hydrogens (tertiary/aromatic N) is 3. The van der Waals surface area contributed by atoms with E-state index >= 15 is 0 Å². The molecule has 3 aromatic rings. The maximum Gasteiger partial charge on any atom is 0.107 e. The first-order valence-electron chi connectivity index (χ1n) is 8.35. The first kappa shape index (κ1) is 16.9. The smallest absolute Gasteiger partial charge is 0.107 e. The van der Waals surface area contributed by atoms with Crippen LogP contribution >= 0.6 is 27.5 Å². The van der Waals surface area contributed by atoms with Gasteiger partial charge in [0.05, 0.1) is 18.7 Å². The first-order chi connectivity index (χ1) is 12.1. The largest absolute Gasteiger partial charge is 0.378 e. The number of hydrogen-bond acceptors (Lipinski definition) is 3. The highest BCUT2D eigenvalue weighted by Gasteiger charge is 2.17. The summed E-state index contributed by atoms with van der Waals surface area (Å²) in [7, 11) is 0. The van der Waals surface area contributed by atoms with Crippen LogP contribution in [0.3, 0.4) is 0 Å². The van der Waals surface area contributed by atoms with Crippen molar-refractivity contribution in [3.05, 3.63) is 57.3 Å². The van der Waals surface area contributed by atoms with E-state index in [1.54, 1.807) is 0 Å². The monoisotopic (exact) mass is 419 g/mol. The molecule has 1 aromatic heterocycles. The number of fused-ring (bicyclic) bond motifs is 1. The fourth-order valence-electron chi connectivity index (χ4n) is 3.31. The van der Waals surface area contributed by atoms with Gasteiger partial charge in [-0.15, -0.1) is 0 Å². The normalized spacial score (nSPS) is 15.1. The number of hydrogen-bond donors (Lipinski definition) is 0. The lowest BCUT2D eigenvalue weighted by Crippen LogP contribution is -2.36. The zero-order valence-electron chi connectivity index (χ0n) is 14.0. The molecule has 130 valence electrons. The van der Waals surface area contributed by atoms with Gasteiger partial charge < -0.3 is 14.2 Å². The van der Waals surface area contributed by atoms with E-state index in [1.807, 2.05) is 25.1 Å². The molecule has 0 spiro atoms. The van der Waals surface area contributed by atoms with Crippen LogP contribution in [0.5, 0.6) is 0 Å². The minimum Gasteiger partial charge on any atom is -0.378 e. The highest BCUT2D eigenvalue weighted by molar-refractivity contribution is 9.10. The molecule has 25 heavy (non-hydrogen) atoms. The van der Waals surface area contributed by atoms with Gasteiger partial charge in [-0.05, 0) is 52.7 Å². The van der Waals surface area contributed by atoms with Crippen LogP contribution in [0.1, 0.15) is 11.4 Å². The molecule has 1 aliphatic heterocycles. The van der Waals surface area contributed by atoms with Crippen molar-refractivity contribution in [1.29, 1.82) is 0 Å². The molecule has 2 aromatic carbocycles. The SMILES string of the molecule is Cc1nc2c(Br)cc(N3CCOCC3)cc2n1Cc1cccc(Cl)c1. The third-order valence-electron chi connectivity index (χ3n) is 4.59. The quantitative estimate of drug-likeness (QED) is 0.618. The van der Waals surface area contributed by atoms with Crippen molar-refractivity contribution in [2.45, 2.75) is 13.5 Å². The van der Waals surface area contributed by atoms with Crippen LogP contribution in [-0.4, -0.2) is 35.9 Å². The van der Waals surface area contributed by atoms with E-state index in [2.05, 4.69) is 43.6 Å². The van der Waals surface area contributed by atoms with Crippen molar-refractivity contribution in [3.8, 4) is 0 Å². The Morgan fingerprint density at radius 1 is 1.20 bits per heavy atom. The molecule has 6 heteroatoms. The Hall–Kier alpha value is -1.56. The molecular formula is C19H19BrClN3O. The topological polar surface area (TPSA) is 30.3 Å². The molecule has 0 unspecified atom stereocenters. The van der Waals surface area contributed by atoms with Gasteiger partial charge in [0.1, 0.15) is 11.3 Å². The van der Waals surface area contributed by atoms with Gasteiger partial charge in [0.25, 0.3) is 0 Å². The second-order valence-corrected chi connectivity index (χ2v) is 7.56. The number of ether oxygens (including phenoxy) is 1. The van der Waals surface area contributed by atoms with E-state index in [0.717, 1.165) is 59.2 Å². The number of imidazole rings is 1. The molecule has 0 aliphatic carbocycles. The number of halogens is 2. The second kappa shape index (κ2) is 6.98. The maximum absolute atomic E-state index is 6.14. The van der Waals surface area contributed by atoms with Gasteiger partial charge in [-0.1, -0.05) is 23.7 Å². The van der Waals surface area contributed by atoms with Gasteiger partial charge in [-0.25, -0.2) is 4.98 Å². The number of aromatic nitrogens is 2. The van der Waals surface area contributed by atoms with Crippen molar-refractivity contribution in [2.75, 3.05) is 31.2 Å². The summed E-state index contributed by atoms with van der Waals surface area (Å²) >= 11 is 9.85.